The number of rotatable bonds is 9. The largest absolute Gasteiger partial charge is 0.462 e. The lowest BCUT2D eigenvalue weighted by Crippen LogP contribution is -2.33. The number of ether oxygens (including phenoxy) is 3. The van der Waals surface area contributed by atoms with Crippen LogP contribution in [0.5, 0.6) is 6.01 Å². The molecule has 1 fully saturated rings. The number of hydrogen-bond donors (Lipinski definition) is 3. The third-order valence-electron chi connectivity index (χ3n) is 5.96. The minimum absolute atomic E-state index is 0.172. The van der Waals surface area contributed by atoms with E-state index in [1.54, 1.807) is 41.1 Å². The highest BCUT2D eigenvalue weighted by atomic mass is 19.1. The monoisotopic (exact) mass is 528 g/mol. The second-order valence-electron chi connectivity index (χ2n) is 8.73. The summed E-state index contributed by atoms with van der Waals surface area (Å²) in [7, 11) is 0. The molecule has 0 saturated carbocycles. The Morgan fingerprint density at radius 1 is 1.26 bits per heavy atom. The molecule has 0 spiro atoms. The van der Waals surface area contributed by atoms with Gasteiger partial charge in [0.15, 0.2) is 5.82 Å². The molecule has 3 N–H and O–H groups in total. The van der Waals surface area contributed by atoms with Crippen LogP contribution in [-0.4, -0.2) is 63.7 Å². The number of amides is 2. The van der Waals surface area contributed by atoms with Crippen LogP contribution in [0.25, 0.3) is 11.3 Å². The van der Waals surface area contributed by atoms with Gasteiger partial charge in [0.2, 0.25) is 5.91 Å². The number of hydrogen-bond acceptors (Lipinski definition) is 10. The molecule has 2 aliphatic rings. The van der Waals surface area contributed by atoms with Crippen molar-refractivity contribution in [3.8, 4) is 17.3 Å². The summed E-state index contributed by atoms with van der Waals surface area (Å²) >= 11 is 0. The van der Waals surface area contributed by atoms with E-state index < -0.39 is 18.0 Å². The average Bonchev–Trinajstić information content (AvgIpc) is 3.48. The zero-order valence-corrected chi connectivity index (χ0v) is 20.3. The Labute approximate surface area is 216 Å². The van der Waals surface area contributed by atoms with Crippen LogP contribution in [-0.2, 0) is 32.4 Å². The van der Waals surface area contributed by atoms with Crippen LogP contribution in [0.3, 0.4) is 0 Å². The molecule has 2 aromatic heterocycles. The first kappa shape index (κ1) is 25.4. The number of halogens is 1. The molecule has 200 valence electrons. The standard InChI is InChI=1S/C24H25FN6O7/c1-14(32)26-8-17-10-31(24(33)37-17)16-5-6-19(20(25)7-16)21-4-2-3-15(27-21)12-35-18-9-30-11-22(29-38-34)28-23(30)36-13-18/h2-7,11,17-18,29,34H,8-10,12-13H2,1H3,(H,26,32)/t17-,18-/m0/s1. The van der Waals surface area contributed by atoms with Gasteiger partial charge in [0.25, 0.3) is 6.01 Å². The van der Waals surface area contributed by atoms with E-state index in [1.165, 1.54) is 17.9 Å². The number of benzene rings is 1. The number of carbonyl (C=O) groups excluding carboxylic acids is 2. The van der Waals surface area contributed by atoms with Crippen molar-refractivity contribution in [1.29, 1.82) is 0 Å². The van der Waals surface area contributed by atoms with Crippen LogP contribution >= 0.6 is 0 Å². The van der Waals surface area contributed by atoms with E-state index in [0.717, 1.165) is 0 Å². The minimum Gasteiger partial charge on any atom is -0.462 e. The molecule has 4 heterocycles. The summed E-state index contributed by atoms with van der Waals surface area (Å²) in [6.45, 7) is 2.67. The maximum Gasteiger partial charge on any atom is 0.414 e. The van der Waals surface area contributed by atoms with Crippen LogP contribution in [0, 0.1) is 5.82 Å². The van der Waals surface area contributed by atoms with Gasteiger partial charge in [0.1, 0.15) is 24.6 Å². The van der Waals surface area contributed by atoms with Crippen LogP contribution in [0.2, 0.25) is 0 Å². The van der Waals surface area contributed by atoms with E-state index in [0.29, 0.717) is 29.6 Å². The fourth-order valence-corrected chi connectivity index (χ4v) is 4.17. The Morgan fingerprint density at radius 2 is 2.13 bits per heavy atom. The zero-order valence-electron chi connectivity index (χ0n) is 20.3. The third kappa shape index (κ3) is 5.66. The zero-order chi connectivity index (χ0) is 26.6. The maximum atomic E-state index is 15.1. The second kappa shape index (κ2) is 11.0. The molecule has 0 unspecified atom stereocenters. The Morgan fingerprint density at radius 3 is 2.92 bits per heavy atom. The number of pyridine rings is 1. The van der Waals surface area contributed by atoms with Gasteiger partial charge in [-0.3, -0.25) is 19.2 Å². The van der Waals surface area contributed by atoms with Gasteiger partial charge in [0, 0.05) is 12.5 Å². The molecule has 2 amide bonds. The van der Waals surface area contributed by atoms with Crippen molar-refractivity contribution in [2.75, 3.05) is 30.1 Å². The van der Waals surface area contributed by atoms with Gasteiger partial charge in [-0.15, -0.1) is 4.99 Å². The molecular formula is C24H25FN6O7. The minimum atomic E-state index is -0.603. The molecule has 1 saturated heterocycles. The van der Waals surface area contributed by atoms with Gasteiger partial charge in [-0.05, 0) is 30.3 Å². The molecule has 0 bridgehead atoms. The highest BCUT2D eigenvalue weighted by Gasteiger charge is 2.33. The molecule has 2 atom stereocenters. The van der Waals surface area contributed by atoms with Crippen molar-refractivity contribution in [3.05, 3.63) is 54.1 Å². The summed E-state index contributed by atoms with van der Waals surface area (Å²) < 4.78 is 33.6. The summed E-state index contributed by atoms with van der Waals surface area (Å²) in [6.07, 6.45) is 0.206. The second-order valence-corrected chi connectivity index (χ2v) is 8.73. The molecule has 2 aliphatic heterocycles. The SMILES string of the molecule is CC(=O)NC[C@H]1CN(c2ccc(-c3cccc(CO[C@@H]4COc5nc(NOO)cn5C4)n3)c(F)c2)C(=O)O1. The highest BCUT2D eigenvalue weighted by Crippen LogP contribution is 2.29. The smallest absolute Gasteiger partial charge is 0.414 e. The van der Waals surface area contributed by atoms with Crippen LogP contribution in [0.1, 0.15) is 12.6 Å². The van der Waals surface area contributed by atoms with Crippen molar-refractivity contribution >= 4 is 23.5 Å². The number of anilines is 2. The van der Waals surface area contributed by atoms with Crippen LogP contribution in [0.4, 0.5) is 20.7 Å². The van der Waals surface area contributed by atoms with E-state index in [-0.39, 0.29) is 49.7 Å². The van der Waals surface area contributed by atoms with Crippen LogP contribution < -0.4 is 20.4 Å². The van der Waals surface area contributed by atoms with E-state index >= 15 is 4.39 Å². The van der Waals surface area contributed by atoms with E-state index in [4.69, 9.17) is 19.5 Å². The number of nitrogens with one attached hydrogen (secondary N) is 2. The summed E-state index contributed by atoms with van der Waals surface area (Å²) in [5.41, 5.74) is 3.85. The van der Waals surface area contributed by atoms with Gasteiger partial charge in [-0.1, -0.05) is 6.07 Å². The average molecular weight is 528 g/mol. The lowest BCUT2D eigenvalue weighted by molar-refractivity contribution is -0.215. The predicted octanol–water partition coefficient (Wildman–Crippen LogP) is 2.34. The topological polar surface area (TPSA) is 149 Å². The van der Waals surface area contributed by atoms with E-state index in [9.17, 15) is 9.59 Å². The maximum absolute atomic E-state index is 15.1. The first-order valence-corrected chi connectivity index (χ1v) is 11.8. The Balaban J connectivity index is 1.21. The molecule has 1 aromatic carbocycles. The first-order chi connectivity index (χ1) is 18.4. The summed E-state index contributed by atoms with van der Waals surface area (Å²) in [5.74, 6) is -0.483. The predicted molar refractivity (Wildman–Crippen MR) is 130 cm³/mol. The van der Waals surface area contributed by atoms with Crippen LogP contribution in [0.15, 0.2) is 42.6 Å². The molecule has 38 heavy (non-hydrogen) atoms. The summed E-state index contributed by atoms with van der Waals surface area (Å²) in [6, 6.07) is 10.0. The normalized spacial score (nSPS) is 18.5. The van der Waals surface area contributed by atoms with E-state index in [1.807, 2.05) is 0 Å². The molecule has 0 radical (unpaired) electrons. The number of imidazole rings is 1. The number of fused-ring (bicyclic) bond motifs is 1. The van der Waals surface area contributed by atoms with Gasteiger partial charge < -0.3 is 19.5 Å². The van der Waals surface area contributed by atoms with Gasteiger partial charge in [-0.25, -0.2) is 19.9 Å². The quantitative estimate of drug-likeness (QED) is 0.279. The molecule has 0 aliphatic carbocycles. The van der Waals surface area contributed by atoms with Gasteiger partial charge in [-0.2, -0.15) is 4.98 Å². The van der Waals surface area contributed by atoms with Crippen molar-refractivity contribution in [2.24, 2.45) is 0 Å². The molecule has 13 nitrogen and oxygen atoms in total. The molecule has 14 heteroatoms. The fraction of sp³-hybridized carbons (Fsp3) is 0.333. The third-order valence-corrected chi connectivity index (χ3v) is 5.96. The lowest BCUT2D eigenvalue weighted by Gasteiger charge is -2.24. The summed E-state index contributed by atoms with van der Waals surface area (Å²) in [4.78, 5) is 37.2. The molecule has 5 rings (SSSR count). The number of aromatic nitrogens is 3. The number of carbonyl (C=O) groups is 2. The number of cyclic esters (lactones) is 1. The Kier molecular flexibility index (Phi) is 7.35. The Bertz CT molecular complexity index is 1340. The van der Waals surface area contributed by atoms with Gasteiger partial charge in [0.05, 0.1) is 49.5 Å². The number of nitrogens with zero attached hydrogens (tertiary/aromatic N) is 4. The molecular weight excluding hydrogens is 503 g/mol. The van der Waals surface area contributed by atoms with Crippen molar-refractivity contribution in [3.63, 3.8) is 0 Å². The first-order valence-electron chi connectivity index (χ1n) is 11.8. The fourth-order valence-electron chi connectivity index (χ4n) is 4.17. The van der Waals surface area contributed by atoms with Gasteiger partial charge >= 0.3 is 6.09 Å². The van der Waals surface area contributed by atoms with E-state index in [2.05, 4.69) is 25.8 Å². The highest BCUT2D eigenvalue weighted by molar-refractivity contribution is 5.90. The summed E-state index contributed by atoms with van der Waals surface area (Å²) in [5, 5.41) is 11.1. The van der Waals surface area contributed by atoms with Crippen molar-refractivity contribution in [1.82, 2.24) is 19.9 Å². The molecule has 3 aromatic rings. The lowest BCUT2D eigenvalue weighted by atomic mass is 10.1. The van der Waals surface area contributed by atoms with Crippen molar-refractivity contribution in [2.45, 2.75) is 32.3 Å². The van der Waals surface area contributed by atoms with Crippen molar-refractivity contribution < 1.29 is 38.4 Å². The Hall–Kier alpha value is -4.27.